The lowest BCUT2D eigenvalue weighted by Gasteiger charge is -2.25. The number of hydrogen-bond acceptors (Lipinski definition) is 4. The van der Waals surface area contributed by atoms with Gasteiger partial charge in [-0.25, -0.2) is 0 Å². The number of hydrogen-bond donors (Lipinski definition) is 3. The van der Waals surface area contributed by atoms with E-state index in [4.69, 9.17) is 11.5 Å². The van der Waals surface area contributed by atoms with Crippen LogP contribution in [-0.2, 0) is 15.3 Å². The molecule has 0 spiro atoms. The van der Waals surface area contributed by atoms with Gasteiger partial charge in [0.15, 0.2) is 0 Å². The Hall–Kier alpha value is -2.76. The molecule has 5 heteroatoms. The van der Waals surface area contributed by atoms with Gasteiger partial charge in [0, 0.05) is 12.2 Å². The molecule has 0 radical (unpaired) electrons. The van der Waals surface area contributed by atoms with Crippen molar-refractivity contribution in [3.05, 3.63) is 83.9 Å². The van der Waals surface area contributed by atoms with Crippen LogP contribution in [0.3, 0.4) is 0 Å². The molecular weight excluding hydrogens is 278 g/mol. The summed E-state index contributed by atoms with van der Waals surface area (Å²) in [6, 6.07) is 19.4. The molecule has 3 rings (SSSR count). The monoisotopic (exact) mass is 295 g/mol. The van der Waals surface area contributed by atoms with Crippen LogP contribution in [0.1, 0.15) is 11.1 Å². The zero-order chi connectivity index (χ0) is 16.0. The summed E-state index contributed by atoms with van der Waals surface area (Å²) < 4.78 is 0. The molecule has 0 unspecified atom stereocenters. The minimum atomic E-state index is -0.914. The van der Waals surface area contributed by atoms with E-state index in [-0.39, 0.29) is 11.8 Å². The second-order valence-corrected chi connectivity index (χ2v) is 4.79. The van der Waals surface area contributed by atoms with Gasteiger partial charge in [-0.15, -0.1) is 0 Å². The average molecular weight is 295 g/mol. The number of carbonyl (C=O) groups is 2. The van der Waals surface area contributed by atoms with Gasteiger partial charge in [0.2, 0.25) is 0 Å². The molecule has 2 amide bonds. The Kier molecular flexibility index (Phi) is 4.83. The van der Waals surface area contributed by atoms with Crippen LogP contribution in [0.5, 0.6) is 0 Å². The molecule has 0 atom stereocenters. The van der Waals surface area contributed by atoms with Crippen molar-refractivity contribution in [1.29, 1.82) is 0 Å². The molecule has 0 aromatic heterocycles. The van der Waals surface area contributed by atoms with Gasteiger partial charge in [-0.2, -0.15) is 0 Å². The van der Waals surface area contributed by atoms with Gasteiger partial charge in [0.25, 0.3) is 11.8 Å². The number of nitrogens with one attached hydrogen (secondary N) is 1. The maximum absolute atomic E-state index is 10.0. The third-order valence-electron chi connectivity index (χ3n) is 3.14. The van der Waals surface area contributed by atoms with Crippen molar-refractivity contribution >= 4 is 11.8 Å². The maximum atomic E-state index is 10.0. The first-order valence-corrected chi connectivity index (χ1v) is 6.72. The highest BCUT2D eigenvalue weighted by Crippen LogP contribution is 2.20. The van der Waals surface area contributed by atoms with E-state index in [1.807, 2.05) is 66.0 Å². The Balaban J connectivity index is 0.000000211. The van der Waals surface area contributed by atoms with Crippen LogP contribution in [0.15, 0.2) is 72.8 Å². The van der Waals surface area contributed by atoms with Gasteiger partial charge in [0.05, 0.1) is 0 Å². The summed E-state index contributed by atoms with van der Waals surface area (Å²) in [4.78, 5) is 20.1. The number of nitrogens with two attached hydrogens (primary N) is 2. The molecule has 22 heavy (non-hydrogen) atoms. The molecule has 0 aliphatic carbocycles. The second kappa shape index (κ2) is 6.80. The van der Waals surface area contributed by atoms with Crippen molar-refractivity contribution in [3.8, 4) is 0 Å². The van der Waals surface area contributed by atoms with E-state index in [1.54, 1.807) is 0 Å². The van der Waals surface area contributed by atoms with Gasteiger partial charge >= 0.3 is 0 Å². The molecule has 1 heterocycles. The van der Waals surface area contributed by atoms with Crippen molar-refractivity contribution in [1.82, 2.24) is 5.32 Å². The fraction of sp³-hybridized carbons (Fsp3) is 0.0588. The summed E-state index contributed by atoms with van der Waals surface area (Å²) in [6.07, 6.45) is 2.39. The van der Waals surface area contributed by atoms with Gasteiger partial charge in [-0.1, -0.05) is 60.7 Å². The molecule has 2 aromatic carbocycles. The molecule has 5 N–H and O–H groups in total. The zero-order valence-corrected chi connectivity index (χ0v) is 11.9. The van der Waals surface area contributed by atoms with E-state index in [0.717, 1.165) is 11.1 Å². The van der Waals surface area contributed by atoms with Crippen molar-refractivity contribution in [2.24, 2.45) is 11.5 Å². The molecule has 0 bridgehead atoms. The Morgan fingerprint density at radius 2 is 1.05 bits per heavy atom. The first-order valence-electron chi connectivity index (χ1n) is 6.72. The van der Waals surface area contributed by atoms with E-state index >= 15 is 0 Å². The summed E-state index contributed by atoms with van der Waals surface area (Å²) in [5.41, 5.74) is 13.2. The molecular formula is C17H17N3O2. The van der Waals surface area contributed by atoms with E-state index in [9.17, 15) is 9.59 Å². The van der Waals surface area contributed by atoms with Crippen LogP contribution in [0.25, 0.3) is 0 Å². The highest BCUT2D eigenvalue weighted by atomic mass is 16.2. The van der Waals surface area contributed by atoms with Crippen LogP contribution in [0, 0.1) is 0 Å². The minimum Gasteiger partial charge on any atom is -0.306 e. The van der Waals surface area contributed by atoms with Crippen molar-refractivity contribution in [3.63, 3.8) is 0 Å². The first kappa shape index (κ1) is 15.6. The number of benzene rings is 2. The van der Waals surface area contributed by atoms with Gasteiger partial charge in [-0.3, -0.25) is 14.9 Å². The molecule has 2 aromatic rings. The van der Waals surface area contributed by atoms with E-state index in [0.29, 0.717) is 0 Å². The maximum Gasteiger partial charge on any atom is 0.250 e. The molecule has 0 saturated heterocycles. The van der Waals surface area contributed by atoms with Crippen molar-refractivity contribution in [2.75, 3.05) is 0 Å². The summed E-state index contributed by atoms with van der Waals surface area (Å²) >= 11 is 0. The number of carbonyl (C=O) groups excluding carboxylic acids is 2. The van der Waals surface area contributed by atoms with E-state index in [2.05, 4.69) is 0 Å². The highest BCUT2D eigenvalue weighted by Gasteiger charge is 2.23. The summed E-state index contributed by atoms with van der Waals surface area (Å²) in [6.45, 7) is 0. The third-order valence-corrected chi connectivity index (χ3v) is 3.14. The summed E-state index contributed by atoms with van der Waals surface area (Å²) in [5.74, 6) is -0.657. The van der Waals surface area contributed by atoms with Crippen LogP contribution in [-0.4, -0.2) is 11.8 Å². The van der Waals surface area contributed by atoms with Crippen LogP contribution < -0.4 is 16.8 Å². The lowest BCUT2D eigenvalue weighted by molar-refractivity contribution is -0.123. The predicted molar refractivity (Wildman–Crippen MR) is 84.3 cm³/mol. The van der Waals surface area contributed by atoms with Crippen molar-refractivity contribution < 1.29 is 9.59 Å². The first-order chi connectivity index (χ1) is 10.5. The quantitative estimate of drug-likeness (QED) is 0.568. The highest BCUT2D eigenvalue weighted by molar-refractivity contribution is 6.12. The molecule has 1 aliphatic heterocycles. The molecule has 1 aliphatic rings. The van der Waals surface area contributed by atoms with E-state index in [1.165, 1.54) is 12.2 Å². The topological polar surface area (TPSA) is 98.2 Å². The van der Waals surface area contributed by atoms with Gasteiger partial charge in [-0.05, 0) is 11.1 Å². The summed E-state index contributed by atoms with van der Waals surface area (Å²) in [5, 5.41) is 2.03. The number of imide groups is 1. The van der Waals surface area contributed by atoms with Gasteiger partial charge < -0.3 is 11.5 Å². The van der Waals surface area contributed by atoms with Crippen LogP contribution >= 0.6 is 0 Å². The normalized spacial score (nSPS) is 13.4. The molecule has 0 saturated carbocycles. The summed E-state index contributed by atoms with van der Waals surface area (Å²) in [7, 11) is 0. The lowest BCUT2D eigenvalue weighted by Crippen LogP contribution is -2.46. The predicted octanol–water partition coefficient (Wildman–Crippen LogP) is 1.00. The fourth-order valence-electron chi connectivity index (χ4n) is 1.95. The molecule has 5 nitrogen and oxygen atoms in total. The fourth-order valence-corrected chi connectivity index (χ4v) is 1.95. The standard InChI is InChI=1S/C13H14N2.C4H3NO2/c14-13(15,11-7-3-1-4-8-11)12-9-5-2-6-10-12;6-3-1-2-4(7)5-3/h1-10H,14-15H2;1-2H,(H,5,6,7). The Morgan fingerprint density at radius 1 is 0.682 bits per heavy atom. The number of rotatable bonds is 2. The van der Waals surface area contributed by atoms with Gasteiger partial charge in [0.1, 0.15) is 5.66 Å². The smallest absolute Gasteiger partial charge is 0.250 e. The molecule has 0 fully saturated rings. The van der Waals surface area contributed by atoms with Crippen LogP contribution in [0.4, 0.5) is 0 Å². The number of amides is 2. The van der Waals surface area contributed by atoms with Crippen LogP contribution in [0.2, 0.25) is 0 Å². The largest absolute Gasteiger partial charge is 0.306 e. The minimum absolute atomic E-state index is 0.329. The van der Waals surface area contributed by atoms with E-state index < -0.39 is 5.66 Å². The Morgan fingerprint density at radius 3 is 1.32 bits per heavy atom. The molecule has 112 valence electrons. The lowest BCUT2D eigenvalue weighted by atomic mass is 9.93. The third kappa shape index (κ3) is 3.88. The Bertz CT molecular complexity index is 622. The SMILES string of the molecule is NC(N)(c1ccccc1)c1ccccc1.O=C1C=CC(=O)N1. The Labute approximate surface area is 128 Å². The second-order valence-electron chi connectivity index (χ2n) is 4.79. The average Bonchev–Trinajstić information content (AvgIpc) is 2.93. The van der Waals surface area contributed by atoms with Crippen molar-refractivity contribution in [2.45, 2.75) is 5.66 Å². The zero-order valence-electron chi connectivity index (χ0n) is 11.9.